The van der Waals surface area contributed by atoms with Crippen LogP contribution < -0.4 is 19.7 Å². The van der Waals surface area contributed by atoms with Crippen molar-refractivity contribution in [1.82, 2.24) is 0 Å². The van der Waals surface area contributed by atoms with Crippen molar-refractivity contribution < 1.29 is 29.0 Å². The van der Waals surface area contributed by atoms with E-state index in [1.54, 1.807) is 48.5 Å². The molecular formula is C37H40N2O6. The van der Waals surface area contributed by atoms with Gasteiger partial charge in [-0.3, -0.25) is 4.79 Å². The van der Waals surface area contributed by atoms with Crippen LogP contribution in [0.3, 0.4) is 0 Å². The number of carbonyl (C=O) groups is 3. The number of carboxylic acids is 1. The standard InChI is InChI=1S/C37H40N2O6/c1-3-4-19-35(40)39(33-17-10-8-13-27(33)2)24-12-25-44-30-22-20-28(21-23-30)26-32(36(41)42)38-31-16-9-11-18-34(31)45-37(43)29-14-6-5-7-15-29/h5-11,13-18,20-23,32,38H,3-4,12,19,24-26H2,1-2H3,(H,41,42). The smallest absolute Gasteiger partial charge is 0.343 e. The lowest BCUT2D eigenvalue weighted by Crippen LogP contribution is -2.33. The fraction of sp³-hybridized carbons (Fsp3) is 0.270. The van der Waals surface area contributed by atoms with E-state index in [0.29, 0.717) is 43.0 Å². The molecule has 45 heavy (non-hydrogen) atoms. The summed E-state index contributed by atoms with van der Waals surface area (Å²) in [5, 5.41) is 13.0. The second-order valence-corrected chi connectivity index (χ2v) is 10.8. The summed E-state index contributed by atoms with van der Waals surface area (Å²) in [6.07, 6.45) is 3.20. The van der Waals surface area contributed by atoms with Crippen LogP contribution in [0.5, 0.6) is 11.5 Å². The molecule has 8 nitrogen and oxygen atoms in total. The molecular weight excluding hydrogens is 568 g/mol. The molecule has 234 valence electrons. The average Bonchev–Trinajstić information content (AvgIpc) is 3.05. The summed E-state index contributed by atoms with van der Waals surface area (Å²) in [4.78, 5) is 39.6. The van der Waals surface area contributed by atoms with Crippen LogP contribution in [0.25, 0.3) is 0 Å². The quantitative estimate of drug-likeness (QED) is 0.0780. The first-order valence-corrected chi connectivity index (χ1v) is 15.3. The van der Waals surface area contributed by atoms with Crippen molar-refractivity contribution >= 4 is 29.2 Å². The third-order valence-corrected chi connectivity index (χ3v) is 7.34. The maximum atomic E-state index is 12.9. The fourth-order valence-corrected chi connectivity index (χ4v) is 4.87. The lowest BCUT2D eigenvalue weighted by atomic mass is 10.1. The zero-order valence-electron chi connectivity index (χ0n) is 25.8. The number of esters is 1. The van der Waals surface area contributed by atoms with Gasteiger partial charge >= 0.3 is 11.9 Å². The minimum atomic E-state index is -1.04. The van der Waals surface area contributed by atoms with Crippen molar-refractivity contribution in [2.24, 2.45) is 0 Å². The van der Waals surface area contributed by atoms with Gasteiger partial charge in [-0.1, -0.05) is 74.0 Å². The Morgan fingerprint density at radius 3 is 2.24 bits per heavy atom. The van der Waals surface area contributed by atoms with E-state index < -0.39 is 18.0 Å². The predicted molar refractivity (Wildman–Crippen MR) is 176 cm³/mol. The minimum absolute atomic E-state index is 0.120. The van der Waals surface area contributed by atoms with Gasteiger partial charge in [0, 0.05) is 25.1 Å². The monoisotopic (exact) mass is 608 g/mol. The number of para-hydroxylation sites is 3. The van der Waals surface area contributed by atoms with Crippen LogP contribution in [0, 0.1) is 6.92 Å². The molecule has 4 aromatic carbocycles. The van der Waals surface area contributed by atoms with E-state index in [-0.39, 0.29) is 18.1 Å². The number of hydrogen-bond donors (Lipinski definition) is 2. The lowest BCUT2D eigenvalue weighted by Gasteiger charge is -2.24. The number of benzene rings is 4. The number of nitrogens with zero attached hydrogens (tertiary/aromatic N) is 1. The molecule has 0 aromatic heterocycles. The summed E-state index contributed by atoms with van der Waals surface area (Å²) in [7, 11) is 0. The Bertz CT molecular complexity index is 1550. The molecule has 0 radical (unpaired) electrons. The van der Waals surface area contributed by atoms with Gasteiger partial charge < -0.3 is 24.8 Å². The van der Waals surface area contributed by atoms with Gasteiger partial charge in [0.1, 0.15) is 11.8 Å². The molecule has 0 fully saturated rings. The van der Waals surface area contributed by atoms with Crippen molar-refractivity contribution in [2.45, 2.75) is 52.0 Å². The van der Waals surface area contributed by atoms with E-state index in [2.05, 4.69) is 12.2 Å². The van der Waals surface area contributed by atoms with E-state index in [0.717, 1.165) is 29.7 Å². The summed E-state index contributed by atoms with van der Waals surface area (Å²) in [6, 6.07) is 29.6. The number of aliphatic carboxylic acids is 1. The molecule has 4 rings (SSSR count). The van der Waals surface area contributed by atoms with Crippen LogP contribution in [0.1, 0.15) is 54.1 Å². The van der Waals surface area contributed by atoms with Crippen LogP contribution in [-0.2, 0) is 16.0 Å². The Kier molecular flexibility index (Phi) is 12.1. The summed E-state index contributed by atoms with van der Waals surface area (Å²) in [5.41, 5.74) is 3.59. The van der Waals surface area contributed by atoms with Crippen molar-refractivity contribution in [3.05, 3.63) is 120 Å². The topological polar surface area (TPSA) is 105 Å². The van der Waals surface area contributed by atoms with E-state index >= 15 is 0 Å². The van der Waals surface area contributed by atoms with Gasteiger partial charge in [0.15, 0.2) is 5.75 Å². The van der Waals surface area contributed by atoms with E-state index in [4.69, 9.17) is 9.47 Å². The number of anilines is 2. The van der Waals surface area contributed by atoms with Crippen LogP contribution in [0.15, 0.2) is 103 Å². The van der Waals surface area contributed by atoms with E-state index in [1.807, 2.05) is 66.4 Å². The van der Waals surface area contributed by atoms with Crippen LogP contribution in [-0.4, -0.2) is 42.1 Å². The SMILES string of the molecule is CCCCC(=O)N(CCCOc1ccc(CC(Nc2ccccc2OC(=O)c2ccccc2)C(=O)O)cc1)c1ccccc1C. The highest BCUT2D eigenvalue weighted by atomic mass is 16.5. The first-order chi connectivity index (χ1) is 21.9. The molecule has 0 bridgehead atoms. The number of ether oxygens (including phenoxy) is 2. The highest BCUT2D eigenvalue weighted by Gasteiger charge is 2.21. The molecule has 0 saturated carbocycles. The molecule has 1 unspecified atom stereocenters. The first kappa shape index (κ1) is 32.8. The van der Waals surface area contributed by atoms with E-state index in [1.165, 1.54) is 0 Å². The summed E-state index contributed by atoms with van der Waals surface area (Å²) in [5.74, 6) is -0.538. The molecule has 1 atom stereocenters. The number of nitrogens with one attached hydrogen (secondary N) is 1. The van der Waals surface area contributed by atoms with Gasteiger partial charge in [0.05, 0.1) is 17.9 Å². The van der Waals surface area contributed by atoms with Gasteiger partial charge in [-0.05, 0) is 73.4 Å². The Morgan fingerprint density at radius 2 is 1.53 bits per heavy atom. The number of carboxylic acid groups (broad SMARTS) is 1. The van der Waals surface area contributed by atoms with Gasteiger partial charge in [-0.2, -0.15) is 0 Å². The zero-order valence-corrected chi connectivity index (χ0v) is 25.8. The third-order valence-electron chi connectivity index (χ3n) is 7.34. The maximum Gasteiger partial charge on any atom is 0.343 e. The number of carbonyl (C=O) groups excluding carboxylic acids is 2. The molecule has 0 aliphatic carbocycles. The minimum Gasteiger partial charge on any atom is -0.494 e. The Balaban J connectivity index is 1.32. The predicted octanol–water partition coefficient (Wildman–Crippen LogP) is 7.31. The number of unbranched alkanes of at least 4 members (excludes halogenated alkanes) is 1. The van der Waals surface area contributed by atoms with Crippen LogP contribution >= 0.6 is 0 Å². The number of rotatable bonds is 16. The van der Waals surface area contributed by atoms with Gasteiger partial charge in [-0.15, -0.1) is 0 Å². The second-order valence-electron chi connectivity index (χ2n) is 10.8. The van der Waals surface area contributed by atoms with Crippen molar-refractivity contribution in [3.63, 3.8) is 0 Å². The number of hydrogen-bond acceptors (Lipinski definition) is 6. The van der Waals surface area contributed by atoms with Crippen molar-refractivity contribution in [1.29, 1.82) is 0 Å². The molecule has 0 spiro atoms. The molecule has 0 saturated heterocycles. The largest absolute Gasteiger partial charge is 0.494 e. The maximum absolute atomic E-state index is 12.9. The van der Waals surface area contributed by atoms with E-state index in [9.17, 15) is 19.5 Å². The van der Waals surface area contributed by atoms with Crippen LogP contribution in [0.2, 0.25) is 0 Å². The third kappa shape index (κ3) is 9.69. The van der Waals surface area contributed by atoms with Gasteiger partial charge in [0.2, 0.25) is 5.91 Å². The zero-order chi connectivity index (χ0) is 32.0. The van der Waals surface area contributed by atoms with Crippen molar-refractivity contribution in [3.8, 4) is 11.5 Å². The van der Waals surface area contributed by atoms with Gasteiger partial charge in [-0.25, -0.2) is 9.59 Å². The Labute approximate surface area is 264 Å². The fourth-order valence-electron chi connectivity index (χ4n) is 4.87. The van der Waals surface area contributed by atoms with Gasteiger partial charge in [0.25, 0.3) is 0 Å². The Morgan fingerprint density at radius 1 is 0.844 bits per heavy atom. The second kappa shape index (κ2) is 16.7. The molecule has 0 aliphatic rings. The van der Waals surface area contributed by atoms with Crippen LogP contribution in [0.4, 0.5) is 11.4 Å². The summed E-state index contributed by atoms with van der Waals surface area (Å²) < 4.78 is 11.5. The molecule has 4 aromatic rings. The molecule has 0 aliphatic heterocycles. The summed E-state index contributed by atoms with van der Waals surface area (Å²) in [6.45, 7) is 5.08. The number of amides is 1. The lowest BCUT2D eigenvalue weighted by molar-refractivity contribution is -0.137. The normalized spacial score (nSPS) is 11.3. The first-order valence-electron chi connectivity index (χ1n) is 15.3. The average molecular weight is 609 g/mol. The number of aryl methyl sites for hydroxylation is 1. The molecule has 8 heteroatoms. The summed E-state index contributed by atoms with van der Waals surface area (Å²) >= 11 is 0. The highest BCUT2D eigenvalue weighted by Crippen LogP contribution is 2.27. The Hall–Kier alpha value is -5.11. The molecule has 0 heterocycles. The van der Waals surface area contributed by atoms with Crippen molar-refractivity contribution in [2.75, 3.05) is 23.4 Å². The molecule has 2 N–H and O–H groups in total. The molecule has 1 amide bonds. The highest BCUT2D eigenvalue weighted by molar-refractivity contribution is 5.94.